The topological polar surface area (TPSA) is 49.8 Å². The van der Waals surface area contributed by atoms with E-state index >= 15 is 0 Å². The summed E-state index contributed by atoms with van der Waals surface area (Å²) in [6.45, 7) is 3.28. The molecule has 0 unspecified atom stereocenters. The first-order valence-corrected chi connectivity index (χ1v) is 4.96. The van der Waals surface area contributed by atoms with Gasteiger partial charge in [0.05, 0.1) is 12.4 Å². The summed E-state index contributed by atoms with van der Waals surface area (Å²) in [5, 5.41) is 6.27. The SMILES string of the molecule is CNc1cncc(NCC2(C)CC2)n1. The van der Waals surface area contributed by atoms with Crippen molar-refractivity contribution in [3.8, 4) is 0 Å². The molecular weight excluding hydrogens is 176 g/mol. The monoisotopic (exact) mass is 192 g/mol. The van der Waals surface area contributed by atoms with E-state index in [1.165, 1.54) is 12.8 Å². The Morgan fingerprint density at radius 1 is 1.36 bits per heavy atom. The molecule has 0 radical (unpaired) electrons. The smallest absolute Gasteiger partial charge is 0.146 e. The molecule has 0 amide bonds. The minimum atomic E-state index is 0.497. The number of rotatable bonds is 4. The number of nitrogens with zero attached hydrogens (tertiary/aromatic N) is 2. The lowest BCUT2D eigenvalue weighted by molar-refractivity contribution is 0.609. The van der Waals surface area contributed by atoms with E-state index < -0.39 is 0 Å². The zero-order chi connectivity index (χ0) is 10.0. The van der Waals surface area contributed by atoms with Crippen molar-refractivity contribution in [2.24, 2.45) is 5.41 Å². The van der Waals surface area contributed by atoms with E-state index in [0.717, 1.165) is 18.2 Å². The third-order valence-corrected chi connectivity index (χ3v) is 2.69. The molecule has 0 spiro atoms. The summed E-state index contributed by atoms with van der Waals surface area (Å²) in [5.41, 5.74) is 0.497. The van der Waals surface area contributed by atoms with Crippen LogP contribution in [0, 0.1) is 5.41 Å². The van der Waals surface area contributed by atoms with Crippen LogP contribution in [-0.2, 0) is 0 Å². The highest BCUT2D eigenvalue weighted by atomic mass is 15.1. The predicted octanol–water partition coefficient (Wildman–Crippen LogP) is 1.73. The molecule has 1 fully saturated rings. The van der Waals surface area contributed by atoms with Crippen molar-refractivity contribution < 1.29 is 0 Å². The fourth-order valence-electron chi connectivity index (χ4n) is 1.27. The van der Waals surface area contributed by atoms with E-state index in [1.54, 1.807) is 12.4 Å². The summed E-state index contributed by atoms with van der Waals surface area (Å²) < 4.78 is 0. The molecule has 76 valence electrons. The molecular formula is C10H16N4. The van der Waals surface area contributed by atoms with Gasteiger partial charge in [0.1, 0.15) is 11.6 Å². The van der Waals surface area contributed by atoms with Crippen LogP contribution < -0.4 is 10.6 Å². The summed E-state index contributed by atoms with van der Waals surface area (Å²) >= 11 is 0. The zero-order valence-electron chi connectivity index (χ0n) is 8.67. The molecule has 1 aromatic rings. The van der Waals surface area contributed by atoms with Gasteiger partial charge in [0.2, 0.25) is 0 Å². The maximum atomic E-state index is 4.34. The molecule has 2 N–H and O–H groups in total. The zero-order valence-corrected chi connectivity index (χ0v) is 8.67. The van der Waals surface area contributed by atoms with E-state index in [9.17, 15) is 0 Å². The van der Waals surface area contributed by atoms with E-state index in [-0.39, 0.29) is 0 Å². The van der Waals surface area contributed by atoms with Gasteiger partial charge in [-0.2, -0.15) is 0 Å². The fourth-order valence-corrected chi connectivity index (χ4v) is 1.27. The molecule has 1 aromatic heterocycles. The van der Waals surface area contributed by atoms with E-state index in [1.807, 2.05) is 7.05 Å². The first-order valence-electron chi connectivity index (χ1n) is 4.96. The number of hydrogen-bond donors (Lipinski definition) is 2. The number of hydrogen-bond acceptors (Lipinski definition) is 4. The van der Waals surface area contributed by atoms with Crippen LogP contribution in [0.15, 0.2) is 12.4 Å². The molecule has 0 atom stereocenters. The second-order valence-electron chi connectivity index (χ2n) is 4.20. The highest BCUT2D eigenvalue weighted by Gasteiger charge is 2.36. The average molecular weight is 192 g/mol. The van der Waals surface area contributed by atoms with E-state index in [4.69, 9.17) is 0 Å². The van der Waals surface area contributed by atoms with Crippen molar-refractivity contribution in [3.63, 3.8) is 0 Å². The van der Waals surface area contributed by atoms with Crippen molar-refractivity contribution in [2.45, 2.75) is 19.8 Å². The Labute approximate surface area is 84.2 Å². The van der Waals surface area contributed by atoms with Crippen molar-refractivity contribution in [1.82, 2.24) is 9.97 Å². The van der Waals surface area contributed by atoms with Crippen LogP contribution in [0.25, 0.3) is 0 Å². The Bertz CT molecular complexity index is 320. The van der Waals surface area contributed by atoms with Crippen LogP contribution in [0.4, 0.5) is 11.6 Å². The third kappa shape index (κ3) is 2.13. The fraction of sp³-hybridized carbons (Fsp3) is 0.600. The molecule has 0 aliphatic heterocycles. The number of aromatic nitrogens is 2. The third-order valence-electron chi connectivity index (χ3n) is 2.69. The van der Waals surface area contributed by atoms with Gasteiger partial charge in [0.15, 0.2) is 0 Å². The van der Waals surface area contributed by atoms with Crippen molar-refractivity contribution in [2.75, 3.05) is 24.2 Å². The molecule has 1 aliphatic carbocycles. The lowest BCUT2D eigenvalue weighted by Gasteiger charge is -2.10. The number of nitrogens with one attached hydrogen (secondary N) is 2. The van der Waals surface area contributed by atoms with Gasteiger partial charge < -0.3 is 10.6 Å². The van der Waals surface area contributed by atoms with E-state index in [2.05, 4.69) is 27.5 Å². The summed E-state index contributed by atoms with van der Waals surface area (Å²) in [5.74, 6) is 1.65. The van der Waals surface area contributed by atoms with Gasteiger partial charge in [0, 0.05) is 13.6 Å². The molecule has 2 rings (SSSR count). The van der Waals surface area contributed by atoms with Gasteiger partial charge in [-0.15, -0.1) is 0 Å². The molecule has 0 saturated heterocycles. The minimum Gasteiger partial charge on any atom is -0.372 e. The normalized spacial score (nSPS) is 17.6. The summed E-state index contributed by atoms with van der Waals surface area (Å²) in [4.78, 5) is 8.43. The molecule has 14 heavy (non-hydrogen) atoms. The molecule has 1 heterocycles. The molecule has 0 bridgehead atoms. The highest BCUT2D eigenvalue weighted by Crippen LogP contribution is 2.44. The van der Waals surface area contributed by atoms with Crippen molar-refractivity contribution >= 4 is 11.6 Å². The molecule has 4 heteroatoms. The van der Waals surface area contributed by atoms with Gasteiger partial charge >= 0.3 is 0 Å². The molecule has 1 aliphatic rings. The standard InChI is InChI=1S/C10H16N4/c1-10(3-4-10)7-13-9-6-12-5-8(11-2)14-9/h5-6H,3-4,7H2,1-2H3,(H2,11,13,14). The Morgan fingerprint density at radius 3 is 2.71 bits per heavy atom. The van der Waals surface area contributed by atoms with Crippen LogP contribution in [-0.4, -0.2) is 23.6 Å². The van der Waals surface area contributed by atoms with Crippen LogP contribution in [0.1, 0.15) is 19.8 Å². The van der Waals surface area contributed by atoms with Gasteiger partial charge in [-0.25, -0.2) is 4.98 Å². The summed E-state index contributed by atoms with van der Waals surface area (Å²) in [7, 11) is 1.84. The summed E-state index contributed by atoms with van der Waals surface area (Å²) in [6.07, 6.45) is 6.11. The first-order chi connectivity index (χ1) is 6.72. The van der Waals surface area contributed by atoms with Gasteiger partial charge in [0.25, 0.3) is 0 Å². The second kappa shape index (κ2) is 3.44. The summed E-state index contributed by atoms with van der Waals surface area (Å²) in [6, 6.07) is 0. The van der Waals surface area contributed by atoms with Crippen molar-refractivity contribution in [1.29, 1.82) is 0 Å². The predicted molar refractivity (Wildman–Crippen MR) is 57.4 cm³/mol. The lowest BCUT2D eigenvalue weighted by atomic mass is 10.1. The first kappa shape index (κ1) is 9.24. The van der Waals surface area contributed by atoms with E-state index in [0.29, 0.717) is 5.41 Å². The van der Waals surface area contributed by atoms with Gasteiger partial charge in [-0.3, -0.25) is 4.98 Å². The second-order valence-corrected chi connectivity index (χ2v) is 4.20. The van der Waals surface area contributed by atoms with Crippen LogP contribution in [0.2, 0.25) is 0 Å². The molecule has 1 saturated carbocycles. The average Bonchev–Trinajstić information content (AvgIpc) is 2.95. The van der Waals surface area contributed by atoms with Crippen LogP contribution >= 0.6 is 0 Å². The largest absolute Gasteiger partial charge is 0.372 e. The number of anilines is 2. The van der Waals surface area contributed by atoms with Gasteiger partial charge in [-0.05, 0) is 18.3 Å². The van der Waals surface area contributed by atoms with Crippen LogP contribution in [0.3, 0.4) is 0 Å². The Balaban J connectivity index is 1.94. The minimum absolute atomic E-state index is 0.497. The maximum Gasteiger partial charge on any atom is 0.146 e. The Morgan fingerprint density at radius 2 is 2.07 bits per heavy atom. The maximum absolute atomic E-state index is 4.34. The van der Waals surface area contributed by atoms with Gasteiger partial charge in [-0.1, -0.05) is 6.92 Å². The highest BCUT2D eigenvalue weighted by molar-refractivity contribution is 5.41. The Kier molecular flexibility index (Phi) is 2.27. The van der Waals surface area contributed by atoms with Crippen LogP contribution in [0.5, 0.6) is 0 Å². The van der Waals surface area contributed by atoms with Crippen molar-refractivity contribution in [3.05, 3.63) is 12.4 Å². The quantitative estimate of drug-likeness (QED) is 0.762. The lowest BCUT2D eigenvalue weighted by Crippen LogP contribution is -2.13. The molecule has 0 aromatic carbocycles. The molecule has 4 nitrogen and oxygen atoms in total. The Hall–Kier alpha value is -1.32.